The number of methoxy groups -OCH3 is 1. The summed E-state index contributed by atoms with van der Waals surface area (Å²) >= 11 is 0. The summed E-state index contributed by atoms with van der Waals surface area (Å²) in [5.41, 5.74) is -0.0306. The van der Waals surface area contributed by atoms with E-state index in [4.69, 9.17) is 9.84 Å². The molecule has 0 aliphatic heterocycles. The minimum absolute atomic E-state index is 0.494. The molecule has 0 saturated heterocycles. The van der Waals surface area contributed by atoms with Crippen molar-refractivity contribution in [1.29, 1.82) is 0 Å². The number of hydrogen-bond acceptors (Lipinski definition) is 3. The first-order valence-corrected chi connectivity index (χ1v) is 5.41. The second kappa shape index (κ2) is 4.75. The van der Waals surface area contributed by atoms with Crippen LogP contribution in [0.1, 0.15) is 25.0 Å². The molecule has 0 aliphatic carbocycles. The molecule has 1 rings (SSSR count). The van der Waals surface area contributed by atoms with E-state index >= 15 is 0 Å². The van der Waals surface area contributed by atoms with E-state index in [9.17, 15) is 9.90 Å². The summed E-state index contributed by atoms with van der Waals surface area (Å²) in [5, 5.41) is 19.4. The van der Waals surface area contributed by atoms with E-state index in [0.717, 1.165) is 5.56 Å². The van der Waals surface area contributed by atoms with Crippen molar-refractivity contribution in [1.82, 2.24) is 0 Å². The van der Waals surface area contributed by atoms with Gasteiger partial charge in [-0.2, -0.15) is 0 Å². The number of aliphatic hydroxyl groups is 1. The standard InChI is InChI=1S/C13H18O4/c1-8-5-6-11(17-4)10(7-8)13(3,16)9(2)12(14)15/h5-7,9,16H,1-4H3,(H,14,15). The molecule has 1 aromatic rings. The van der Waals surface area contributed by atoms with Crippen LogP contribution in [0.3, 0.4) is 0 Å². The normalized spacial score (nSPS) is 16.1. The van der Waals surface area contributed by atoms with Crippen LogP contribution in [-0.2, 0) is 10.4 Å². The molecule has 2 unspecified atom stereocenters. The zero-order chi connectivity index (χ0) is 13.2. The minimum Gasteiger partial charge on any atom is -0.496 e. The molecule has 0 fully saturated rings. The lowest BCUT2D eigenvalue weighted by atomic mass is 9.83. The van der Waals surface area contributed by atoms with Crippen molar-refractivity contribution in [3.63, 3.8) is 0 Å². The van der Waals surface area contributed by atoms with Crippen LogP contribution in [0.5, 0.6) is 5.75 Å². The predicted octanol–water partition coefficient (Wildman–Crippen LogP) is 1.93. The number of carbonyl (C=O) groups is 1. The SMILES string of the molecule is COc1ccc(C)cc1C(C)(O)C(C)C(=O)O. The molecule has 0 aromatic heterocycles. The quantitative estimate of drug-likeness (QED) is 0.841. The second-order valence-electron chi connectivity index (χ2n) is 4.41. The average Bonchev–Trinajstić information content (AvgIpc) is 2.27. The Morgan fingerprint density at radius 1 is 1.47 bits per heavy atom. The fourth-order valence-electron chi connectivity index (χ4n) is 1.69. The predicted molar refractivity (Wildman–Crippen MR) is 64.1 cm³/mol. The highest BCUT2D eigenvalue weighted by Crippen LogP contribution is 2.36. The summed E-state index contributed by atoms with van der Waals surface area (Å²) in [5.74, 6) is -1.47. The first kappa shape index (κ1) is 13.5. The molecule has 0 amide bonds. The molecule has 0 radical (unpaired) electrons. The smallest absolute Gasteiger partial charge is 0.309 e. The van der Waals surface area contributed by atoms with E-state index < -0.39 is 17.5 Å². The van der Waals surface area contributed by atoms with Crippen molar-refractivity contribution in [2.75, 3.05) is 7.11 Å². The van der Waals surface area contributed by atoms with E-state index in [1.807, 2.05) is 13.0 Å². The average molecular weight is 238 g/mol. The van der Waals surface area contributed by atoms with E-state index in [-0.39, 0.29) is 0 Å². The Labute approximate surface area is 101 Å². The molecule has 0 heterocycles. The third-order valence-corrected chi connectivity index (χ3v) is 3.11. The van der Waals surface area contributed by atoms with Crippen LogP contribution < -0.4 is 4.74 Å². The van der Waals surface area contributed by atoms with Crippen molar-refractivity contribution in [2.45, 2.75) is 26.4 Å². The van der Waals surface area contributed by atoms with Crippen molar-refractivity contribution in [3.8, 4) is 5.75 Å². The van der Waals surface area contributed by atoms with Crippen molar-refractivity contribution >= 4 is 5.97 Å². The molecule has 0 spiro atoms. The van der Waals surface area contributed by atoms with Crippen LogP contribution in [-0.4, -0.2) is 23.3 Å². The zero-order valence-corrected chi connectivity index (χ0v) is 10.5. The molecule has 0 bridgehead atoms. The molecular weight excluding hydrogens is 220 g/mol. The molecule has 0 saturated carbocycles. The first-order valence-electron chi connectivity index (χ1n) is 5.41. The van der Waals surface area contributed by atoms with Gasteiger partial charge in [0.05, 0.1) is 13.0 Å². The summed E-state index contributed by atoms with van der Waals surface area (Å²) in [7, 11) is 1.50. The third-order valence-electron chi connectivity index (χ3n) is 3.11. The fourth-order valence-corrected chi connectivity index (χ4v) is 1.69. The molecule has 2 atom stereocenters. The van der Waals surface area contributed by atoms with Gasteiger partial charge in [-0.1, -0.05) is 11.6 Å². The van der Waals surface area contributed by atoms with Crippen LogP contribution in [0.15, 0.2) is 18.2 Å². The van der Waals surface area contributed by atoms with Gasteiger partial charge in [-0.05, 0) is 32.9 Å². The maximum absolute atomic E-state index is 11.0. The van der Waals surface area contributed by atoms with Gasteiger partial charge >= 0.3 is 5.97 Å². The monoisotopic (exact) mass is 238 g/mol. The van der Waals surface area contributed by atoms with Gasteiger partial charge < -0.3 is 14.9 Å². The minimum atomic E-state index is -1.47. The number of hydrogen-bond donors (Lipinski definition) is 2. The number of carboxylic acids is 1. The number of aryl methyl sites for hydroxylation is 1. The van der Waals surface area contributed by atoms with Crippen molar-refractivity contribution < 1.29 is 19.7 Å². The topological polar surface area (TPSA) is 66.8 Å². The summed E-state index contributed by atoms with van der Waals surface area (Å²) < 4.78 is 5.16. The van der Waals surface area contributed by atoms with Crippen LogP contribution in [0.25, 0.3) is 0 Å². The molecule has 1 aromatic carbocycles. The van der Waals surface area contributed by atoms with Crippen molar-refractivity contribution in [3.05, 3.63) is 29.3 Å². The Bertz CT molecular complexity index is 423. The molecule has 0 aliphatic rings. The van der Waals surface area contributed by atoms with E-state index in [2.05, 4.69) is 0 Å². The zero-order valence-electron chi connectivity index (χ0n) is 10.5. The van der Waals surface area contributed by atoms with Crippen molar-refractivity contribution in [2.24, 2.45) is 5.92 Å². The lowest BCUT2D eigenvalue weighted by Crippen LogP contribution is -2.35. The van der Waals surface area contributed by atoms with E-state index in [0.29, 0.717) is 11.3 Å². The maximum atomic E-state index is 11.0. The largest absolute Gasteiger partial charge is 0.496 e. The van der Waals surface area contributed by atoms with Crippen LogP contribution in [0.4, 0.5) is 0 Å². The van der Waals surface area contributed by atoms with Crippen LogP contribution >= 0.6 is 0 Å². The van der Waals surface area contributed by atoms with Crippen LogP contribution in [0.2, 0.25) is 0 Å². The summed E-state index contributed by atoms with van der Waals surface area (Å²) in [6.45, 7) is 4.84. The van der Waals surface area contributed by atoms with Gasteiger partial charge in [0.15, 0.2) is 0 Å². The highest BCUT2D eigenvalue weighted by molar-refractivity contribution is 5.71. The van der Waals surface area contributed by atoms with Gasteiger partial charge in [-0.25, -0.2) is 0 Å². The molecule has 17 heavy (non-hydrogen) atoms. The number of rotatable bonds is 4. The third kappa shape index (κ3) is 2.58. The Morgan fingerprint density at radius 2 is 2.06 bits per heavy atom. The number of ether oxygens (including phenoxy) is 1. The highest BCUT2D eigenvalue weighted by atomic mass is 16.5. The summed E-state index contributed by atoms with van der Waals surface area (Å²) in [4.78, 5) is 11.0. The second-order valence-corrected chi connectivity index (χ2v) is 4.41. The molecule has 4 nitrogen and oxygen atoms in total. The first-order chi connectivity index (χ1) is 7.80. The van der Waals surface area contributed by atoms with E-state index in [1.165, 1.54) is 21.0 Å². The number of carboxylic acid groups (broad SMARTS) is 1. The number of benzene rings is 1. The number of aliphatic carboxylic acids is 1. The van der Waals surface area contributed by atoms with Gasteiger partial charge in [0.25, 0.3) is 0 Å². The Balaban J connectivity index is 3.30. The Hall–Kier alpha value is -1.55. The van der Waals surface area contributed by atoms with Gasteiger partial charge in [0.2, 0.25) is 0 Å². The fraction of sp³-hybridized carbons (Fsp3) is 0.462. The lowest BCUT2D eigenvalue weighted by Gasteiger charge is -2.29. The molecule has 94 valence electrons. The summed E-state index contributed by atoms with van der Waals surface area (Å²) in [6.07, 6.45) is 0. The van der Waals surface area contributed by atoms with Gasteiger partial charge in [-0.15, -0.1) is 0 Å². The maximum Gasteiger partial charge on any atom is 0.309 e. The van der Waals surface area contributed by atoms with Gasteiger partial charge in [-0.3, -0.25) is 4.79 Å². The molecule has 4 heteroatoms. The van der Waals surface area contributed by atoms with Gasteiger partial charge in [0, 0.05) is 5.56 Å². The highest BCUT2D eigenvalue weighted by Gasteiger charge is 2.37. The summed E-state index contributed by atoms with van der Waals surface area (Å²) in [6, 6.07) is 5.33. The Morgan fingerprint density at radius 3 is 2.53 bits per heavy atom. The Kier molecular flexibility index (Phi) is 3.78. The van der Waals surface area contributed by atoms with Crippen LogP contribution in [0, 0.1) is 12.8 Å². The van der Waals surface area contributed by atoms with E-state index in [1.54, 1.807) is 12.1 Å². The molecular formula is C13H18O4. The molecule has 2 N–H and O–H groups in total. The lowest BCUT2D eigenvalue weighted by molar-refractivity contribution is -0.150. The van der Waals surface area contributed by atoms with Gasteiger partial charge in [0.1, 0.15) is 11.4 Å².